The molecular weight excluding hydrogens is 192 g/mol. The van der Waals surface area contributed by atoms with Gasteiger partial charge in [-0.05, 0) is 26.8 Å². The third kappa shape index (κ3) is 2.84. The van der Waals surface area contributed by atoms with Gasteiger partial charge in [0.05, 0.1) is 17.6 Å². The van der Waals surface area contributed by atoms with Gasteiger partial charge in [-0.25, -0.2) is 0 Å². The molecule has 0 aliphatic heterocycles. The van der Waals surface area contributed by atoms with Gasteiger partial charge in [-0.15, -0.1) is 0 Å². The largest absolute Gasteiger partial charge is 0.466 e. The van der Waals surface area contributed by atoms with Gasteiger partial charge in [-0.1, -0.05) is 0 Å². The summed E-state index contributed by atoms with van der Waals surface area (Å²) in [5.41, 5.74) is 0.539. The molecule has 0 radical (unpaired) electrons. The zero-order valence-corrected chi connectivity index (χ0v) is 9.13. The van der Waals surface area contributed by atoms with E-state index in [0.717, 1.165) is 0 Å². The molecule has 0 saturated heterocycles. The lowest BCUT2D eigenvalue weighted by atomic mass is 10.2. The first-order valence-corrected chi connectivity index (χ1v) is 4.79. The number of nitriles is 1. The average molecular weight is 206 g/mol. The Kier molecular flexibility index (Phi) is 3.51. The van der Waals surface area contributed by atoms with Crippen molar-refractivity contribution in [3.05, 3.63) is 23.2 Å². The quantitative estimate of drug-likeness (QED) is 0.819. The maximum Gasteiger partial charge on any atom is 0.254 e. The summed E-state index contributed by atoms with van der Waals surface area (Å²) in [6.07, 6.45) is 0. The molecule has 80 valence electrons. The van der Waals surface area contributed by atoms with Crippen molar-refractivity contribution < 1.29 is 9.21 Å². The van der Waals surface area contributed by atoms with Crippen molar-refractivity contribution in [1.29, 1.82) is 5.26 Å². The molecule has 1 amide bonds. The van der Waals surface area contributed by atoms with E-state index in [0.29, 0.717) is 23.6 Å². The lowest BCUT2D eigenvalue weighted by molar-refractivity contribution is 0.0949. The van der Waals surface area contributed by atoms with E-state index in [9.17, 15) is 4.79 Å². The van der Waals surface area contributed by atoms with E-state index in [1.807, 2.05) is 0 Å². The van der Waals surface area contributed by atoms with Crippen LogP contribution in [-0.2, 0) is 0 Å². The predicted molar refractivity (Wildman–Crippen MR) is 55.3 cm³/mol. The Hall–Kier alpha value is -1.76. The van der Waals surface area contributed by atoms with E-state index in [1.165, 1.54) is 0 Å². The van der Waals surface area contributed by atoms with Crippen molar-refractivity contribution in [3.8, 4) is 6.07 Å². The number of carbonyl (C=O) groups excluding carboxylic acids is 1. The first-order valence-electron chi connectivity index (χ1n) is 4.79. The number of furan rings is 1. The van der Waals surface area contributed by atoms with E-state index in [-0.39, 0.29) is 11.8 Å². The molecule has 4 heteroatoms. The van der Waals surface area contributed by atoms with Crippen LogP contribution in [0.5, 0.6) is 0 Å². The molecule has 1 aromatic rings. The van der Waals surface area contributed by atoms with Gasteiger partial charge in [-0.2, -0.15) is 5.26 Å². The topological polar surface area (TPSA) is 66.0 Å². The van der Waals surface area contributed by atoms with E-state index >= 15 is 0 Å². The molecule has 1 N–H and O–H groups in total. The van der Waals surface area contributed by atoms with Gasteiger partial charge in [0.1, 0.15) is 11.5 Å². The lowest BCUT2D eigenvalue weighted by Gasteiger charge is -2.04. The summed E-state index contributed by atoms with van der Waals surface area (Å²) in [5, 5.41) is 11.2. The molecule has 1 aromatic heterocycles. The monoisotopic (exact) mass is 206 g/mol. The van der Waals surface area contributed by atoms with Gasteiger partial charge < -0.3 is 9.73 Å². The highest BCUT2D eigenvalue weighted by atomic mass is 16.3. The van der Waals surface area contributed by atoms with Crippen molar-refractivity contribution in [2.45, 2.75) is 20.8 Å². The molecule has 1 rings (SSSR count). The smallest absolute Gasteiger partial charge is 0.254 e. The fourth-order valence-corrected chi connectivity index (χ4v) is 1.24. The van der Waals surface area contributed by atoms with E-state index in [1.54, 1.807) is 26.8 Å². The van der Waals surface area contributed by atoms with Crippen molar-refractivity contribution >= 4 is 5.91 Å². The Balaban J connectivity index is 2.62. The van der Waals surface area contributed by atoms with E-state index < -0.39 is 0 Å². The van der Waals surface area contributed by atoms with Crippen LogP contribution in [0.25, 0.3) is 0 Å². The Morgan fingerprint density at radius 1 is 1.67 bits per heavy atom. The van der Waals surface area contributed by atoms with Gasteiger partial charge >= 0.3 is 0 Å². The predicted octanol–water partition coefficient (Wildman–Crippen LogP) is 1.79. The van der Waals surface area contributed by atoms with E-state index in [2.05, 4.69) is 11.4 Å². The fraction of sp³-hybridized carbons (Fsp3) is 0.455. The molecule has 1 atom stereocenters. The molecule has 4 nitrogen and oxygen atoms in total. The van der Waals surface area contributed by atoms with Crippen LogP contribution in [0.1, 0.15) is 28.8 Å². The molecular formula is C11H14N2O2. The minimum absolute atomic E-state index is 0.178. The van der Waals surface area contributed by atoms with Gasteiger partial charge in [0, 0.05) is 6.54 Å². The summed E-state index contributed by atoms with van der Waals surface area (Å²) < 4.78 is 5.24. The van der Waals surface area contributed by atoms with E-state index in [4.69, 9.17) is 9.68 Å². The zero-order chi connectivity index (χ0) is 11.4. The first kappa shape index (κ1) is 11.3. The Morgan fingerprint density at radius 3 is 2.80 bits per heavy atom. The van der Waals surface area contributed by atoms with Crippen molar-refractivity contribution in [3.63, 3.8) is 0 Å². The lowest BCUT2D eigenvalue weighted by Crippen LogP contribution is -2.27. The highest BCUT2D eigenvalue weighted by molar-refractivity contribution is 5.95. The summed E-state index contributed by atoms with van der Waals surface area (Å²) in [6, 6.07) is 3.75. The number of nitrogens with one attached hydrogen (secondary N) is 1. The zero-order valence-electron chi connectivity index (χ0n) is 9.13. The van der Waals surface area contributed by atoms with Crippen molar-refractivity contribution in [2.75, 3.05) is 6.54 Å². The summed E-state index contributed by atoms with van der Waals surface area (Å²) in [6.45, 7) is 5.66. The number of carbonyl (C=O) groups is 1. The maximum absolute atomic E-state index is 11.6. The third-order valence-electron chi connectivity index (χ3n) is 2.07. The standard InChI is InChI=1S/C11H14N2O2/c1-7(5-12)6-13-11(14)10-4-8(2)15-9(10)3/h4,7H,6H2,1-3H3,(H,13,14). The molecule has 0 aliphatic carbocycles. The van der Waals surface area contributed by atoms with Gasteiger partial charge in [-0.3, -0.25) is 4.79 Å². The highest BCUT2D eigenvalue weighted by Gasteiger charge is 2.13. The summed E-state index contributed by atoms with van der Waals surface area (Å²) in [7, 11) is 0. The molecule has 0 fully saturated rings. The Bertz CT molecular complexity index is 401. The number of amides is 1. The molecule has 0 aliphatic rings. The number of aryl methyl sites for hydroxylation is 2. The number of nitrogens with zero attached hydrogens (tertiary/aromatic N) is 1. The van der Waals surface area contributed by atoms with Crippen LogP contribution in [0, 0.1) is 31.1 Å². The molecule has 0 aromatic carbocycles. The minimum Gasteiger partial charge on any atom is -0.466 e. The van der Waals surface area contributed by atoms with Crippen LogP contribution in [-0.4, -0.2) is 12.5 Å². The first-order chi connectivity index (χ1) is 7.04. The van der Waals surface area contributed by atoms with Gasteiger partial charge in [0.15, 0.2) is 0 Å². The minimum atomic E-state index is -0.188. The van der Waals surface area contributed by atoms with Crippen molar-refractivity contribution in [2.24, 2.45) is 5.92 Å². The molecule has 0 bridgehead atoms. The fourth-order valence-electron chi connectivity index (χ4n) is 1.24. The molecule has 0 spiro atoms. The molecule has 1 heterocycles. The molecule has 1 unspecified atom stereocenters. The Morgan fingerprint density at radius 2 is 2.33 bits per heavy atom. The SMILES string of the molecule is Cc1cc(C(=O)NCC(C)C#N)c(C)o1. The third-order valence-corrected chi connectivity index (χ3v) is 2.07. The average Bonchev–Trinajstić information content (AvgIpc) is 2.53. The summed E-state index contributed by atoms with van der Waals surface area (Å²) >= 11 is 0. The molecule has 0 saturated carbocycles. The molecule has 15 heavy (non-hydrogen) atoms. The maximum atomic E-state index is 11.6. The summed E-state index contributed by atoms with van der Waals surface area (Å²) in [5.74, 6) is 0.953. The number of hydrogen-bond acceptors (Lipinski definition) is 3. The second-order valence-corrected chi connectivity index (χ2v) is 3.57. The van der Waals surface area contributed by atoms with Crippen LogP contribution >= 0.6 is 0 Å². The van der Waals surface area contributed by atoms with Crippen LogP contribution in [0.2, 0.25) is 0 Å². The normalized spacial score (nSPS) is 11.9. The number of hydrogen-bond donors (Lipinski definition) is 1. The van der Waals surface area contributed by atoms with Gasteiger partial charge in [0.25, 0.3) is 5.91 Å². The number of rotatable bonds is 3. The van der Waals surface area contributed by atoms with Gasteiger partial charge in [0.2, 0.25) is 0 Å². The van der Waals surface area contributed by atoms with Crippen molar-refractivity contribution in [1.82, 2.24) is 5.32 Å². The van der Waals surface area contributed by atoms with Crippen LogP contribution < -0.4 is 5.32 Å². The second-order valence-electron chi connectivity index (χ2n) is 3.57. The van der Waals surface area contributed by atoms with Crippen LogP contribution in [0.3, 0.4) is 0 Å². The second kappa shape index (κ2) is 4.65. The summed E-state index contributed by atoms with van der Waals surface area (Å²) in [4.78, 5) is 11.6. The Labute approximate surface area is 88.9 Å². The van der Waals surface area contributed by atoms with Crippen LogP contribution in [0.15, 0.2) is 10.5 Å². The highest BCUT2D eigenvalue weighted by Crippen LogP contribution is 2.13. The van der Waals surface area contributed by atoms with Crippen LogP contribution in [0.4, 0.5) is 0 Å².